The second kappa shape index (κ2) is 13.9. The van der Waals surface area contributed by atoms with Crippen LogP contribution in [0.5, 0.6) is 0 Å². The smallest absolute Gasteiger partial charge is 0.326 e. The molecule has 4 unspecified atom stereocenters. The maximum Gasteiger partial charge on any atom is 0.326 e. The zero-order valence-electron chi connectivity index (χ0n) is 18.3. The molecule has 11 nitrogen and oxygen atoms in total. The molecule has 0 aliphatic carbocycles. The number of aliphatic carboxylic acids is 2. The first-order valence-corrected chi connectivity index (χ1v) is 10.6. The van der Waals surface area contributed by atoms with E-state index in [0.717, 1.165) is 0 Å². The molecule has 0 heterocycles. The third kappa shape index (κ3) is 11.6. The van der Waals surface area contributed by atoms with Gasteiger partial charge in [0.05, 0.1) is 12.5 Å². The normalized spacial score (nSPS) is 15.0. The summed E-state index contributed by atoms with van der Waals surface area (Å²) in [5.41, 5.74) is 5.82. The molecule has 0 aromatic heterocycles. The van der Waals surface area contributed by atoms with Crippen molar-refractivity contribution >= 4 is 42.3 Å². The minimum Gasteiger partial charge on any atom is -0.481 e. The van der Waals surface area contributed by atoms with Gasteiger partial charge in [-0.3, -0.25) is 19.2 Å². The van der Waals surface area contributed by atoms with E-state index in [0.29, 0.717) is 6.42 Å². The highest BCUT2D eigenvalue weighted by molar-refractivity contribution is 7.80. The number of carboxylic acid groups (broad SMARTS) is 2. The van der Waals surface area contributed by atoms with Crippen molar-refractivity contribution in [1.82, 2.24) is 16.0 Å². The van der Waals surface area contributed by atoms with E-state index in [1.54, 1.807) is 13.8 Å². The summed E-state index contributed by atoms with van der Waals surface area (Å²) in [5, 5.41) is 25.1. The first kappa shape index (κ1) is 28.7. The molecule has 0 aliphatic rings. The molecule has 0 aliphatic heterocycles. The van der Waals surface area contributed by atoms with Gasteiger partial charge < -0.3 is 31.9 Å². The summed E-state index contributed by atoms with van der Waals surface area (Å²) in [6.07, 6.45) is -0.227. The van der Waals surface area contributed by atoms with Crippen LogP contribution in [0.1, 0.15) is 47.0 Å². The molecule has 4 atom stereocenters. The van der Waals surface area contributed by atoms with Crippen LogP contribution >= 0.6 is 12.6 Å². The molecular weight excluding hydrogens is 428 g/mol. The Bertz CT molecular complexity index is 657. The number of hydrogen-bond donors (Lipinski definition) is 7. The minimum atomic E-state index is -1.65. The van der Waals surface area contributed by atoms with Gasteiger partial charge in [0.2, 0.25) is 17.7 Å². The molecular formula is C19H34N4O7S. The van der Waals surface area contributed by atoms with Crippen molar-refractivity contribution in [2.75, 3.05) is 5.75 Å². The number of amides is 3. The topological polar surface area (TPSA) is 188 Å². The number of hydrogen-bond acceptors (Lipinski definition) is 7. The molecule has 178 valence electrons. The number of nitrogens with one attached hydrogen (secondary N) is 3. The lowest BCUT2D eigenvalue weighted by Gasteiger charge is -2.25. The van der Waals surface area contributed by atoms with E-state index in [-0.39, 0.29) is 24.0 Å². The predicted octanol–water partition coefficient (Wildman–Crippen LogP) is -0.651. The molecule has 0 saturated heterocycles. The average molecular weight is 463 g/mol. The molecule has 7 N–H and O–H groups in total. The standard InChI is InChI=1S/C19H34N4O7S/c1-9(2)5-11(20)16(26)23-14(8-31)18(28)21-12(6-10(3)4)17(27)22-13(19(29)30)7-15(24)25/h9-14,31H,5-8,20H2,1-4H3,(H,21,28)(H,22,27)(H,23,26)(H,24,25)(H,29,30). The van der Waals surface area contributed by atoms with Crippen LogP contribution in [-0.2, 0) is 24.0 Å². The third-order valence-corrected chi connectivity index (χ3v) is 4.58. The largest absolute Gasteiger partial charge is 0.481 e. The lowest BCUT2D eigenvalue weighted by molar-refractivity contribution is -0.147. The van der Waals surface area contributed by atoms with Crippen molar-refractivity contribution in [3.8, 4) is 0 Å². The van der Waals surface area contributed by atoms with Gasteiger partial charge in [0.15, 0.2) is 0 Å². The maximum absolute atomic E-state index is 12.6. The van der Waals surface area contributed by atoms with Crippen molar-refractivity contribution in [3.63, 3.8) is 0 Å². The second-order valence-corrected chi connectivity index (χ2v) is 8.53. The molecule has 0 rings (SSSR count). The average Bonchev–Trinajstić information content (AvgIpc) is 2.62. The van der Waals surface area contributed by atoms with Crippen LogP contribution in [0.2, 0.25) is 0 Å². The lowest BCUT2D eigenvalue weighted by Crippen LogP contribution is -2.58. The van der Waals surface area contributed by atoms with Crippen LogP contribution < -0.4 is 21.7 Å². The summed E-state index contributed by atoms with van der Waals surface area (Å²) in [4.78, 5) is 59.5. The Morgan fingerprint density at radius 3 is 1.65 bits per heavy atom. The van der Waals surface area contributed by atoms with Gasteiger partial charge in [-0.2, -0.15) is 12.6 Å². The van der Waals surface area contributed by atoms with Crippen LogP contribution in [0.4, 0.5) is 0 Å². The number of rotatable bonds is 14. The number of thiol groups is 1. The summed E-state index contributed by atoms with van der Waals surface area (Å²) in [6.45, 7) is 7.39. The van der Waals surface area contributed by atoms with Gasteiger partial charge in [-0.25, -0.2) is 4.79 Å². The van der Waals surface area contributed by atoms with Crippen molar-refractivity contribution in [1.29, 1.82) is 0 Å². The first-order valence-electron chi connectivity index (χ1n) is 10.0. The quantitative estimate of drug-likeness (QED) is 0.166. The number of carbonyl (C=O) groups is 5. The van der Waals surface area contributed by atoms with Crippen molar-refractivity contribution in [3.05, 3.63) is 0 Å². The Kier molecular flexibility index (Phi) is 12.8. The fourth-order valence-electron chi connectivity index (χ4n) is 2.71. The van der Waals surface area contributed by atoms with Gasteiger partial charge in [-0.05, 0) is 24.7 Å². The van der Waals surface area contributed by atoms with Crippen LogP contribution in [0.3, 0.4) is 0 Å². The minimum absolute atomic E-state index is 0.0534. The van der Waals surface area contributed by atoms with Crippen molar-refractivity contribution in [2.45, 2.75) is 71.1 Å². The van der Waals surface area contributed by atoms with Gasteiger partial charge in [0.1, 0.15) is 18.1 Å². The van der Waals surface area contributed by atoms with Crippen LogP contribution in [-0.4, -0.2) is 69.8 Å². The molecule has 0 saturated carbocycles. The van der Waals surface area contributed by atoms with E-state index in [1.165, 1.54) is 0 Å². The summed E-state index contributed by atoms with van der Waals surface area (Å²) in [7, 11) is 0. The maximum atomic E-state index is 12.6. The van der Waals surface area contributed by atoms with Gasteiger partial charge in [-0.1, -0.05) is 27.7 Å². The highest BCUT2D eigenvalue weighted by Gasteiger charge is 2.31. The monoisotopic (exact) mass is 462 g/mol. The summed E-state index contributed by atoms with van der Waals surface area (Å²) < 4.78 is 0. The van der Waals surface area contributed by atoms with Crippen molar-refractivity contribution in [2.24, 2.45) is 17.6 Å². The van der Waals surface area contributed by atoms with E-state index < -0.39 is 60.2 Å². The summed E-state index contributed by atoms with van der Waals surface area (Å²) in [6, 6.07) is -4.65. The van der Waals surface area contributed by atoms with Gasteiger partial charge >= 0.3 is 11.9 Å². The third-order valence-electron chi connectivity index (χ3n) is 4.21. The SMILES string of the molecule is CC(C)CC(N)C(=O)NC(CS)C(=O)NC(CC(C)C)C(=O)NC(CC(=O)O)C(=O)O. The molecule has 3 amide bonds. The van der Waals surface area contributed by atoms with Crippen LogP contribution in [0, 0.1) is 11.8 Å². The van der Waals surface area contributed by atoms with E-state index in [4.69, 9.17) is 15.9 Å². The first-order chi connectivity index (χ1) is 14.3. The fraction of sp³-hybridized carbons (Fsp3) is 0.737. The summed E-state index contributed by atoms with van der Waals surface area (Å²) >= 11 is 4.07. The van der Waals surface area contributed by atoms with E-state index >= 15 is 0 Å². The number of carbonyl (C=O) groups excluding carboxylic acids is 3. The zero-order chi connectivity index (χ0) is 24.3. The van der Waals surface area contributed by atoms with Gasteiger partial charge in [0, 0.05) is 5.75 Å². The van der Waals surface area contributed by atoms with Gasteiger partial charge in [-0.15, -0.1) is 0 Å². The van der Waals surface area contributed by atoms with Crippen molar-refractivity contribution < 1.29 is 34.2 Å². The number of nitrogens with two attached hydrogens (primary N) is 1. The molecule has 0 aromatic carbocycles. The fourth-order valence-corrected chi connectivity index (χ4v) is 2.97. The Balaban J connectivity index is 5.27. The molecule has 31 heavy (non-hydrogen) atoms. The molecule has 0 aromatic rings. The molecule has 12 heteroatoms. The molecule has 0 fully saturated rings. The zero-order valence-corrected chi connectivity index (χ0v) is 19.1. The highest BCUT2D eigenvalue weighted by Crippen LogP contribution is 2.08. The van der Waals surface area contributed by atoms with E-state index in [2.05, 4.69) is 28.6 Å². The molecule has 0 bridgehead atoms. The van der Waals surface area contributed by atoms with Crippen LogP contribution in [0.15, 0.2) is 0 Å². The Morgan fingerprint density at radius 2 is 1.23 bits per heavy atom. The Morgan fingerprint density at radius 1 is 0.774 bits per heavy atom. The second-order valence-electron chi connectivity index (χ2n) is 8.17. The molecule has 0 radical (unpaired) electrons. The predicted molar refractivity (Wildman–Crippen MR) is 116 cm³/mol. The Labute approximate surface area is 187 Å². The summed E-state index contributed by atoms with van der Waals surface area (Å²) in [5.74, 6) is -4.89. The van der Waals surface area contributed by atoms with Crippen LogP contribution in [0.25, 0.3) is 0 Å². The molecule has 0 spiro atoms. The number of carboxylic acids is 2. The lowest BCUT2D eigenvalue weighted by atomic mass is 10.0. The van der Waals surface area contributed by atoms with E-state index in [9.17, 15) is 24.0 Å². The highest BCUT2D eigenvalue weighted by atomic mass is 32.1. The van der Waals surface area contributed by atoms with E-state index in [1.807, 2.05) is 13.8 Å². The van der Waals surface area contributed by atoms with Gasteiger partial charge in [0.25, 0.3) is 0 Å². The Hall–Kier alpha value is -2.34.